The van der Waals surface area contributed by atoms with Gasteiger partial charge >= 0.3 is 0 Å². The lowest BCUT2D eigenvalue weighted by Crippen LogP contribution is -2.18. The van der Waals surface area contributed by atoms with Gasteiger partial charge in [0.2, 0.25) is 0 Å². The van der Waals surface area contributed by atoms with Crippen LogP contribution in [0, 0.1) is 0 Å². The first kappa shape index (κ1) is 41.6. The summed E-state index contributed by atoms with van der Waals surface area (Å²) in [5, 5.41) is 7.33. The molecule has 0 amide bonds. The van der Waals surface area contributed by atoms with Crippen molar-refractivity contribution >= 4 is 88.5 Å². The van der Waals surface area contributed by atoms with Gasteiger partial charge in [-0.05, 0) is 138 Å². The number of allylic oxidation sites excluding steroid dienone is 1. The van der Waals surface area contributed by atoms with Crippen molar-refractivity contribution in [3.05, 3.63) is 278 Å². The fourth-order valence-corrected chi connectivity index (χ4v) is 11.4. The Morgan fingerprint density at radius 1 is 0.319 bits per heavy atom. The van der Waals surface area contributed by atoms with Gasteiger partial charge in [0.1, 0.15) is 0 Å². The number of fused-ring (bicyclic) bond motifs is 8. The van der Waals surface area contributed by atoms with E-state index in [9.17, 15) is 0 Å². The fourth-order valence-electron chi connectivity index (χ4n) is 11.4. The molecule has 2 aromatic heterocycles. The van der Waals surface area contributed by atoms with Gasteiger partial charge in [0.15, 0.2) is 0 Å². The van der Waals surface area contributed by atoms with Crippen LogP contribution >= 0.6 is 0 Å². The summed E-state index contributed by atoms with van der Waals surface area (Å²) in [7, 11) is 0. The molecule has 0 N–H and O–H groups in total. The van der Waals surface area contributed by atoms with Gasteiger partial charge in [0.05, 0.1) is 27.8 Å². The molecule has 0 aliphatic heterocycles. The van der Waals surface area contributed by atoms with Crippen LogP contribution in [0.1, 0.15) is 17.5 Å². The van der Waals surface area contributed by atoms with E-state index in [-0.39, 0.29) is 0 Å². The average Bonchev–Trinajstić information content (AvgIpc) is 3.96. The molecule has 0 saturated heterocycles. The molecule has 14 rings (SSSR count). The third-order valence-electron chi connectivity index (χ3n) is 14.7. The minimum atomic E-state index is 0.990. The third kappa shape index (κ3) is 6.91. The van der Waals surface area contributed by atoms with E-state index in [0.717, 1.165) is 63.8 Å². The van der Waals surface area contributed by atoms with Crippen molar-refractivity contribution in [1.82, 2.24) is 9.13 Å². The molecule has 13 aromatic rings. The lowest BCUT2D eigenvalue weighted by atomic mass is 9.93. The fraction of sp³-hybridized carbons (Fsp3) is 0.0294. The highest BCUT2D eigenvalue weighted by molar-refractivity contribution is 6.12. The van der Waals surface area contributed by atoms with Gasteiger partial charge in [-0.2, -0.15) is 0 Å². The molecule has 72 heavy (non-hydrogen) atoms. The Morgan fingerprint density at radius 2 is 0.778 bits per heavy atom. The lowest BCUT2D eigenvalue weighted by Gasteiger charge is -2.31. The summed E-state index contributed by atoms with van der Waals surface area (Å²) in [5.74, 6) is 0. The quantitative estimate of drug-likeness (QED) is 0.143. The second-order valence-corrected chi connectivity index (χ2v) is 18.8. The van der Waals surface area contributed by atoms with Crippen LogP contribution in [0.2, 0.25) is 0 Å². The first-order chi connectivity index (χ1) is 35.7. The van der Waals surface area contributed by atoms with E-state index >= 15 is 0 Å². The van der Waals surface area contributed by atoms with Gasteiger partial charge < -0.3 is 18.9 Å². The molecule has 1 aliphatic carbocycles. The molecule has 340 valence electrons. The number of hydrogen-bond acceptors (Lipinski definition) is 2. The van der Waals surface area contributed by atoms with E-state index in [4.69, 9.17) is 0 Å². The standard InChI is InChI=1S/C68H48N4/c1-3-21-51(22-4-1)71-65-29-13-11-27-59(65)61-45-55(41-43-67(61)71)69(63-31-15-19-49-17-7-9-25-57(49)63)53-37-33-47(34-38-53)48-35-39-54(40-36-48)70(64-32-16-20-50-18-8-10-26-58(50)64)56-42-44-68-62(46-56)60-28-12-14-30-66(60)72(68)52-23-5-2-6-24-52/h1-15,17-19,21-46H,16,20H2. The van der Waals surface area contributed by atoms with E-state index in [1.807, 2.05) is 0 Å². The van der Waals surface area contributed by atoms with Crippen molar-refractivity contribution in [2.75, 3.05) is 9.80 Å². The third-order valence-corrected chi connectivity index (χ3v) is 14.7. The predicted molar refractivity (Wildman–Crippen MR) is 304 cm³/mol. The van der Waals surface area contributed by atoms with E-state index < -0.39 is 0 Å². The Morgan fingerprint density at radius 3 is 1.39 bits per heavy atom. The highest BCUT2D eigenvalue weighted by atomic mass is 15.2. The molecule has 11 aromatic carbocycles. The first-order valence-electron chi connectivity index (χ1n) is 25.0. The summed E-state index contributed by atoms with van der Waals surface area (Å²) in [6, 6.07) is 95.3. The second-order valence-electron chi connectivity index (χ2n) is 18.8. The number of para-hydroxylation sites is 4. The largest absolute Gasteiger partial charge is 0.310 e. The van der Waals surface area contributed by atoms with E-state index in [2.05, 4.69) is 286 Å². The summed E-state index contributed by atoms with van der Waals surface area (Å²) in [5.41, 5.74) is 18.9. The molecule has 0 unspecified atom stereocenters. The number of aryl methyl sites for hydroxylation is 1. The van der Waals surface area contributed by atoms with Crippen LogP contribution in [0.5, 0.6) is 0 Å². The number of benzene rings is 11. The highest BCUT2D eigenvalue weighted by Gasteiger charge is 2.24. The van der Waals surface area contributed by atoms with Crippen LogP contribution in [-0.4, -0.2) is 9.13 Å². The van der Waals surface area contributed by atoms with Crippen molar-refractivity contribution < 1.29 is 0 Å². The first-order valence-corrected chi connectivity index (χ1v) is 25.0. The monoisotopic (exact) mass is 920 g/mol. The predicted octanol–water partition coefficient (Wildman–Crippen LogP) is 18.3. The summed E-state index contributed by atoms with van der Waals surface area (Å²) >= 11 is 0. The molecule has 0 atom stereocenters. The minimum absolute atomic E-state index is 0.990. The zero-order valence-electron chi connectivity index (χ0n) is 39.6. The van der Waals surface area contributed by atoms with Gasteiger partial charge in [-0.3, -0.25) is 0 Å². The molecule has 0 saturated carbocycles. The Kier molecular flexibility index (Phi) is 9.95. The SMILES string of the molecule is C1=C(N(c2ccc(-c3ccc(N(c4ccc5c(c4)c4ccccc4n5-c4ccccc4)c4cccc5ccccc45)cc3)cc2)c2ccc3c(c2)c2ccccc2n3-c2ccccc2)c2ccccc2CC1. The molecule has 0 radical (unpaired) electrons. The molecule has 4 nitrogen and oxygen atoms in total. The van der Waals surface area contributed by atoms with Crippen LogP contribution in [0.4, 0.5) is 28.4 Å². The maximum absolute atomic E-state index is 2.47. The normalized spacial score (nSPS) is 12.4. The van der Waals surface area contributed by atoms with Crippen LogP contribution < -0.4 is 9.80 Å². The summed E-state index contributed by atoms with van der Waals surface area (Å²) < 4.78 is 4.77. The van der Waals surface area contributed by atoms with Crippen LogP contribution in [-0.2, 0) is 6.42 Å². The smallest absolute Gasteiger partial charge is 0.0542 e. The molecule has 0 fully saturated rings. The number of aromatic nitrogens is 2. The van der Waals surface area contributed by atoms with Crippen LogP contribution in [0.25, 0.3) is 82.6 Å². The average molecular weight is 921 g/mol. The molecule has 1 aliphatic rings. The van der Waals surface area contributed by atoms with Gasteiger partial charge in [-0.1, -0.05) is 164 Å². The molecule has 0 bridgehead atoms. The number of hydrogen-bond donors (Lipinski definition) is 0. The van der Waals surface area contributed by atoms with Gasteiger partial charge in [-0.25, -0.2) is 0 Å². The molecule has 4 heteroatoms. The van der Waals surface area contributed by atoms with Gasteiger partial charge in [0, 0.05) is 72.3 Å². The van der Waals surface area contributed by atoms with Crippen molar-refractivity contribution in [3.8, 4) is 22.5 Å². The summed E-state index contributed by atoms with van der Waals surface area (Å²) in [4.78, 5) is 4.89. The van der Waals surface area contributed by atoms with Crippen molar-refractivity contribution in [2.45, 2.75) is 12.8 Å². The molecule has 2 heterocycles. The van der Waals surface area contributed by atoms with Gasteiger partial charge in [-0.15, -0.1) is 0 Å². The van der Waals surface area contributed by atoms with E-state index in [0.29, 0.717) is 0 Å². The lowest BCUT2D eigenvalue weighted by molar-refractivity contribution is 0.968. The van der Waals surface area contributed by atoms with Crippen molar-refractivity contribution in [3.63, 3.8) is 0 Å². The maximum atomic E-state index is 2.47. The van der Waals surface area contributed by atoms with Crippen LogP contribution in [0.3, 0.4) is 0 Å². The highest BCUT2D eigenvalue weighted by Crippen LogP contribution is 2.45. The van der Waals surface area contributed by atoms with Crippen molar-refractivity contribution in [2.24, 2.45) is 0 Å². The zero-order valence-corrected chi connectivity index (χ0v) is 39.6. The summed E-state index contributed by atoms with van der Waals surface area (Å²) in [6.07, 6.45) is 4.45. The molecular weight excluding hydrogens is 873 g/mol. The Bertz CT molecular complexity index is 4200. The van der Waals surface area contributed by atoms with Gasteiger partial charge in [0.25, 0.3) is 0 Å². The molecule has 0 spiro atoms. The van der Waals surface area contributed by atoms with Crippen LogP contribution in [0.15, 0.2) is 267 Å². The number of nitrogens with zero attached hydrogens (tertiary/aromatic N) is 4. The minimum Gasteiger partial charge on any atom is -0.310 e. The van der Waals surface area contributed by atoms with Crippen molar-refractivity contribution in [1.29, 1.82) is 0 Å². The Hall–Kier alpha value is -9.38. The Labute approximate surface area is 418 Å². The zero-order chi connectivity index (χ0) is 47.5. The summed E-state index contributed by atoms with van der Waals surface area (Å²) in [6.45, 7) is 0. The van der Waals surface area contributed by atoms with E-state index in [1.165, 1.54) is 71.2 Å². The number of rotatable bonds is 9. The molecular formula is C68H48N4. The topological polar surface area (TPSA) is 16.3 Å². The second kappa shape index (κ2) is 17.2. The number of anilines is 5. The van der Waals surface area contributed by atoms with E-state index in [1.54, 1.807) is 0 Å². The Balaban J connectivity index is 0.863. The maximum Gasteiger partial charge on any atom is 0.0542 e.